The minimum absolute atomic E-state index is 0.0565. The van der Waals surface area contributed by atoms with E-state index in [1.54, 1.807) is 6.33 Å². The van der Waals surface area contributed by atoms with Gasteiger partial charge in [0.25, 0.3) is 0 Å². The molecule has 0 radical (unpaired) electrons. The molecule has 0 aliphatic heterocycles. The van der Waals surface area contributed by atoms with E-state index in [9.17, 15) is 0 Å². The second kappa shape index (κ2) is 11.0. The maximum absolute atomic E-state index is 5.16. The summed E-state index contributed by atoms with van der Waals surface area (Å²) in [6.07, 6.45) is 1.57. The molecule has 3 rings (SSSR count). The Morgan fingerprint density at radius 2 is 0.775 bits per heavy atom. The number of nitrogens with zero attached hydrogens (tertiary/aromatic N) is 5. The molecule has 0 fully saturated rings. The Balaban J connectivity index is 2.17. The van der Waals surface area contributed by atoms with Crippen molar-refractivity contribution >= 4 is 22.8 Å². The summed E-state index contributed by atoms with van der Waals surface area (Å²) in [6.45, 7) is 30.7. The molecule has 0 saturated heterocycles. The van der Waals surface area contributed by atoms with Gasteiger partial charge in [0.1, 0.15) is 6.33 Å². The van der Waals surface area contributed by atoms with Crippen LogP contribution in [0.5, 0.6) is 0 Å². The molecule has 0 atom stereocenters. The first-order valence-electron chi connectivity index (χ1n) is 14.3. The van der Waals surface area contributed by atoms with Gasteiger partial charge in [0, 0.05) is 0 Å². The monoisotopic (exact) mass is 539 g/mol. The molecule has 5 heteroatoms. The Morgan fingerprint density at radius 1 is 0.500 bits per heavy atom. The fourth-order valence-corrected chi connectivity index (χ4v) is 4.83. The molecule has 0 spiro atoms. The molecule has 3 aromatic rings. The van der Waals surface area contributed by atoms with Crippen molar-refractivity contribution in [3.05, 3.63) is 76.6 Å². The molecule has 1 aromatic heterocycles. The predicted octanol–water partition coefficient (Wildman–Crippen LogP) is 9.34. The third-order valence-electron chi connectivity index (χ3n) is 7.08. The maximum atomic E-state index is 5.16. The van der Waals surface area contributed by atoms with E-state index in [1.165, 1.54) is 22.3 Å². The summed E-state index contributed by atoms with van der Waals surface area (Å²) < 4.78 is 0. The van der Waals surface area contributed by atoms with Gasteiger partial charge < -0.3 is 0 Å². The third kappa shape index (κ3) is 7.10. The second-order valence-electron chi connectivity index (χ2n) is 14.9. The van der Waals surface area contributed by atoms with E-state index in [-0.39, 0.29) is 21.7 Å². The summed E-state index contributed by atoms with van der Waals surface area (Å²) in [7, 11) is 0. The Morgan fingerprint density at radius 3 is 1.02 bits per heavy atom. The van der Waals surface area contributed by atoms with Crippen LogP contribution < -0.4 is 0 Å². The molecule has 214 valence electrons. The topological polar surface area (TPSA) is 63.4 Å². The fourth-order valence-electron chi connectivity index (χ4n) is 4.83. The zero-order chi connectivity index (χ0) is 30.3. The lowest BCUT2D eigenvalue weighted by Gasteiger charge is -2.28. The average molecular weight is 540 g/mol. The number of para-hydroxylation sites is 2. The van der Waals surface area contributed by atoms with Gasteiger partial charge in [0.15, 0.2) is 11.6 Å². The van der Waals surface area contributed by atoms with Crippen molar-refractivity contribution in [1.29, 1.82) is 0 Å². The highest BCUT2D eigenvalue weighted by Gasteiger charge is 2.27. The molecule has 5 nitrogen and oxygen atoms in total. The van der Waals surface area contributed by atoms with Crippen molar-refractivity contribution in [1.82, 2.24) is 15.0 Å². The molecule has 2 aromatic carbocycles. The van der Waals surface area contributed by atoms with E-state index >= 15 is 0 Å². The van der Waals surface area contributed by atoms with Gasteiger partial charge in [-0.2, -0.15) is 0 Å². The Kier molecular flexibility index (Phi) is 8.60. The number of rotatable bonds is 4. The number of aromatic nitrogens is 3. The smallest absolute Gasteiger partial charge is 0.177 e. The summed E-state index contributed by atoms with van der Waals surface area (Å²) in [5, 5.41) is 0. The fraction of sp³-hybridized carbons (Fsp3) is 0.514. The highest BCUT2D eigenvalue weighted by atomic mass is 15.0. The number of aliphatic imine (C=N–C) groups is 2. The van der Waals surface area contributed by atoms with Crippen molar-refractivity contribution < 1.29 is 0 Å². The highest BCUT2D eigenvalue weighted by Crippen LogP contribution is 2.41. The summed E-state index contributed by atoms with van der Waals surface area (Å²) in [5.74, 6) is 1.12. The van der Waals surface area contributed by atoms with Crippen molar-refractivity contribution in [2.45, 2.75) is 119 Å². The molecule has 40 heavy (non-hydrogen) atoms. The standard InChI is InChI=1S/C35H49N5/c1-22(38-28-24(32(3,4)5)17-15-18-25(28)33(6,7)8)30-36-21-37-31(40-30)23(2)39-29-26(34(9,10)11)19-16-20-27(29)35(12,13)14/h15-21H,1-14H3. The number of hydrogen-bond donors (Lipinski definition) is 0. The minimum atomic E-state index is -0.0565. The average Bonchev–Trinajstić information content (AvgIpc) is 2.81. The zero-order valence-electron chi connectivity index (χ0n) is 27.3. The van der Waals surface area contributed by atoms with Gasteiger partial charge in [-0.25, -0.2) is 24.9 Å². The van der Waals surface area contributed by atoms with Crippen LogP contribution in [0.2, 0.25) is 0 Å². The van der Waals surface area contributed by atoms with Gasteiger partial charge in [-0.3, -0.25) is 0 Å². The lowest BCUT2D eigenvalue weighted by molar-refractivity contribution is 0.570. The van der Waals surface area contributed by atoms with E-state index in [0.29, 0.717) is 11.6 Å². The molecule has 0 saturated carbocycles. The second-order valence-corrected chi connectivity index (χ2v) is 14.9. The van der Waals surface area contributed by atoms with E-state index in [2.05, 4.69) is 129 Å². The molecular formula is C35H49N5. The van der Waals surface area contributed by atoms with Crippen LogP contribution in [0, 0.1) is 0 Å². The quantitative estimate of drug-likeness (QED) is 0.310. The molecule has 0 aliphatic carbocycles. The van der Waals surface area contributed by atoms with E-state index in [0.717, 1.165) is 22.8 Å². The Labute approximate surface area is 242 Å². The van der Waals surface area contributed by atoms with Gasteiger partial charge in [-0.1, -0.05) is 119 Å². The maximum Gasteiger partial charge on any atom is 0.177 e. The Hall–Kier alpha value is -3.21. The van der Waals surface area contributed by atoms with Crippen molar-refractivity contribution in [2.75, 3.05) is 0 Å². The van der Waals surface area contributed by atoms with E-state index < -0.39 is 0 Å². The molecule has 0 amide bonds. The molecule has 0 bridgehead atoms. The lowest BCUT2D eigenvalue weighted by Crippen LogP contribution is -2.18. The van der Waals surface area contributed by atoms with Crippen LogP contribution >= 0.6 is 0 Å². The van der Waals surface area contributed by atoms with E-state index in [4.69, 9.17) is 15.0 Å². The molecule has 0 unspecified atom stereocenters. The van der Waals surface area contributed by atoms with Crippen molar-refractivity contribution in [2.24, 2.45) is 9.98 Å². The predicted molar refractivity (Wildman–Crippen MR) is 171 cm³/mol. The van der Waals surface area contributed by atoms with Gasteiger partial charge in [0.05, 0.1) is 22.8 Å². The molecular weight excluding hydrogens is 490 g/mol. The lowest BCUT2D eigenvalue weighted by atomic mass is 9.79. The summed E-state index contributed by atoms with van der Waals surface area (Å²) >= 11 is 0. The van der Waals surface area contributed by atoms with Crippen molar-refractivity contribution in [3.63, 3.8) is 0 Å². The number of benzene rings is 2. The first kappa shape index (κ1) is 31.3. The van der Waals surface area contributed by atoms with Crippen LogP contribution in [0.15, 0.2) is 52.7 Å². The number of hydrogen-bond acceptors (Lipinski definition) is 5. The van der Waals surface area contributed by atoms with Gasteiger partial charge in [0.2, 0.25) is 0 Å². The van der Waals surface area contributed by atoms with Gasteiger partial charge in [-0.15, -0.1) is 0 Å². The molecule has 0 aliphatic rings. The van der Waals surface area contributed by atoms with Gasteiger partial charge in [-0.05, 0) is 57.8 Å². The van der Waals surface area contributed by atoms with Crippen LogP contribution in [-0.4, -0.2) is 26.4 Å². The first-order valence-corrected chi connectivity index (χ1v) is 14.3. The van der Waals surface area contributed by atoms with Crippen LogP contribution in [0.3, 0.4) is 0 Å². The van der Waals surface area contributed by atoms with Crippen LogP contribution in [0.4, 0.5) is 11.4 Å². The first-order chi connectivity index (χ1) is 18.2. The zero-order valence-corrected chi connectivity index (χ0v) is 27.3. The normalized spacial score (nSPS) is 14.1. The minimum Gasteiger partial charge on any atom is -0.249 e. The van der Waals surface area contributed by atoms with Crippen LogP contribution in [-0.2, 0) is 21.7 Å². The summed E-state index contributed by atoms with van der Waals surface area (Å²) in [4.78, 5) is 24.2. The van der Waals surface area contributed by atoms with Crippen molar-refractivity contribution in [3.8, 4) is 0 Å². The largest absolute Gasteiger partial charge is 0.249 e. The van der Waals surface area contributed by atoms with Gasteiger partial charge >= 0.3 is 0 Å². The van der Waals surface area contributed by atoms with E-state index in [1.807, 2.05) is 13.8 Å². The molecule has 1 heterocycles. The molecule has 0 N–H and O–H groups in total. The van der Waals surface area contributed by atoms with Crippen LogP contribution in [0.25, 0.3) is 0 Å². The highest BCUT2D eigenvalue weighted by molar-refractivity contribution is 6.00. The summed E-state index contributed by atoms with van der Waals surface area (Å²) in [6, 6.07) is 13.0. The third-order valence-corrected chi connectivity index (χ3v) is 7.08. The summed E-state index contributed by atoms with van der Waals surface area (Å²) in [5.41, 5.74) is 8.12. The van der Waals surface area contributed by atoms with Crippen LogP contribution in [0.1, 0.15) is 131 Å². The SMILES string of the molecule is CC(=Nc1c(C(C)(C)C)cccc1C(C)(C)C)c1ncnc(C(C)=Nc2c(C(C)(C)C)cccc2C(C)(C)C)n1. The Bertz CT molecular complexity index is 1260.